The molecule has 0 bridgehead atoms. The minimum Gasteiger partial charge on any atom is -0.854 e. The summed E-state index contributed by atoms with van der Waals surface area (Å²) in [7, 11) is 0. The first-order chi connectivity index (χ1) is 11.6. The van der Waals surface area contributed by atoms with E-state index >= 15 is 0 Å². The fraction of sp³-hybridized carbons (Fsp3) is 0.100. The van der Waals surface area contributed by atoms with Crippen LogP contribution in [0.2, 0.25) is 0 Å². The van der Waals surface area contributed by atoms with E-state index in [1.165, 1.54) is 12.1 Å². The van der Waals surface area contributed by atoms with E-state index in [1.54, 1.807) is 47.3 Å². The molecule has 0 saturated heterocycles. The molecule has 4 heteroatoms. The monoisotopic (exact) mass is 320 g/mol. The minimum atomic E-state index is -0.306. The van der Waals surface area contributed by atoms with Gasteiger partial charge in [0.25, 0.3) is 0 Å². The van der Waals surface area contributed by atoms with E-state index in [9.17, 15) is 9.50 Å². The number of pyridine rings is 1. The molecule has 0 saturated carbocycles. The molecule has 3 nitrogen and oxygen atoms in total. The van der Waals surface area contributed by atoms with Gasteiger partial charge < -0.3 is 5.11 Å². The fourth-order valence-corrected chi connectivity index (χ4v) is 2.54. The average Bonchev–Trinajstić information content (AvgIpc) is 2.63. The first kappa shape index (κ1) is 15.9. The Morgan fingerprint density at radius 2 is 1.62 bits per heavy atom. The standard InChI is InChI=1S/C20H17FN2O/c1-15(16-10-12-18(21)13-11-16)19-9-5-6-14-23(19)22-20(24)17-7-3-2-4-8-17/h2-15H,1H3. The van der Waals surface area contributed by atoms with Gasteiger partial charge in [-0.2, -0.15) is 0 Å². The maximum atomic E-state index is 13.1. The number of hydrogen-bond donors (Lipinski definition) is 0. The first-order valence-corrected chi connectivity index (χ1v) is 7.72. The second-order valence-corrected chi connectivity index (χ2v) is 5.51. The van der Waals surface area contributed by atoms with Gasteiger partial charge in [-0.3, -0.25) is 0 Å². The zero-order valence-corrected chi connectivity index (χ0v) is 13.3. The number of nitrogens with zero attached hydrogens (tertiary/aromatic N) is 2. The SMILES string of the molecule is CC(c1ccc(F)cc1)c1cccc[n+]1/N=C(\[O-])c1ccccc1. The number of aromatic nitrogens is 1. The van der Waals surface area contributed by atoms with Gasteiger partial charge in [0.15, 0.2) is 0 Å². The van der Waals surface area contributed by atoms with Crippen LogP contribution in [0.25, 0.3) is 0 Å². The van der Waals surface area contributed by atoms with E-state index in [-0.39, 0.29) is 17.6 Å². The molecule has 3 aromatic rings. The van der Waals surface area contributed by atoms with Crippen molar-refractivity contribution in [3.63, 3.8) is 0 Å². The molecular weight excluding hydrogens is 303 g/mol. The highest BCUT2D eigenvalue weighted by Crippen LogP contribution is 2.21. The van der Waals surface area contributed by atoms with E-state index in [4.69, 9.17) is 0 Å². The molecule has 0 spiro atoms. The van der Waals surface area contributed by atoms with Gasteiger partial charge in [-0.25, -0.2) is 4.39 Å². The van der Waals surface area contributed by atoms with Gasteiger partial charge >= 0.3 is 0 Å². The molecule has 1 aromatic heterocycles. The Morgan fingerprint density at radius 3 is 2.33 bits per heavy atom. The van der Waals surface area contributed by atoms with Crippen molar-refractivity contribution in [3.05, 3.63) is 102 Å². The molecule has 0 fully saturated rings. The van der Waals surface area contributed by atoms with E-state index in [2.05, 4.69) is 5.10 Å². The van der Waals surface area contributed by atoms with Crippen molar-refractivity contribution in [2.75, 3.05) is 0 Å². The third kappa shape index (κ3) is 3.49. The molecule has 1 heterocycles. The van der Waals surface area contributed by atoms with Crippen LogP contribution in [0.15, 0.2) is 84.1 Å². The lowest BCUT2D eigenvalue weighted by Crippen LogP contribution is -2.38. The van der Waals surface area contributed by atoms with Crippen LogP contribution in [0.4, 0.5) is 4.39 Å². The van der Waals surface area contributed by atoms with Gasteiger partial charge in [0.2, 0.25) is 11.9 Å². The van der Waals surface area contributed by atoms with E-state index < -0.39 is 0 Å². The molecule has 120 valence electrons. The zero-order chi connectivity index (χ0) is 16.9. The number of hydrogen-bond acceptors (Lipinski definition) is 2. The molecule has 2 aromatic carbocycles. The van der Waals surface area contributed by atoms with Gasteiger partial charge in [0, 0.05) is 12.1 Å². The predicted octanol–water partition coefficient (Wildman–Crippen LogP) is 2.84. The topological polar surface area (TPSA) is 39.3 Å². The van der Waals surface area contributed by atoms with Crippen molar-refractivity contribution in [1.29, 1.82) is 0 Å². The van der Waals surface area contributed by atoms with Crippen LogP contribution < -0.4 is 9.78 Å². The molecule has 0 N–H and O–H groups in total. The molecule has 0 amide bonds. The molecule has 0 aliphatic heterocycles. The highest BCUT2D eigenvalue weighted by molar-refractivity contribution is 5.89. The van der Waals surface area contributed by atoms with E-state index in [0.717, 1.165) is 11.3 Å². The summed E-state index contributed by atoms with van der Waals surface area (Å²) in [6.07, 6.45) is 1.75. The van der Waals surface area contributed by atoms with Crippen molar-refractivity contribution in [2.24, 2.45) is 5.10 Å². The van der Waals surface area contributed by atoms with Crippen LogP contribution in [-0.2, 0) is 0 Å². The Bertz CT molecular complexity index is 845. The Morgan fingerprint density at radius 1 is 0.958 bits per heavy atom. The summed E-state index contributed by atoms with van der Waals surface area (Å²) in [5.74, 6) is -0.602. The largest absolute Gasteiger partial charge is 0.854 e. The molecule has 3 rings (SSSR count). The highest BCUT2D eigenvalue weighted by atomic mass is 19.1. The third-order valence-electron chi connectivity index (χ3n) is 3.90. The third-order valence-corrected chi connectivity index (χ3v) is 3.90. The maximum absolute atomic E-state index is 13.1. The molecule has 0 aliphatic carbocycles. The average molecular weight is 320 g/mol. The summed E-state index contributed by atoms with van der Waals surface area (Å²) in [5.41, 5.74) is 2.35. The first-order valence-electron chi connectivity index (χ1n) is 7.72. The van der Waals surface area contributed by atoms with Crippen molar-refractivity contribution in [3.8, 4) is 0 Å². The van der Waals surface area contributed by atoms with Crippen LogP contribution in [0.5, 0.6) is 0 Å². The maximum Gasteiger partial charge on any atom is 0.221 e. The highest BCUT2D eigenvalue weighted by Gasteiger charge is 2.19. The summed E-state index contributed by atoms with van der Waals surface area (Å²) < 4.78 is 14.7. The minimum absolute atomic E-state index is 0.0286. The zero-order valence-electron chi connectivity index (χ0n) is 13.3. The quantitative estimate of drug-likeness (QED) is 0.414. The van der Waals surface area contributed by atoms with Crippen molar-refractivity contribution < 1.29 is 14.2 Å². The Labute approximate surface area is 140 Å². The molecule has 0 aliphatic rings. The molecular formula is C20H17FN2O. The van der Waals surface area contributed by atoms with Crippen LogP contribution in [0.1, 0.15) is 29.7 Å². The molecule has 0 radical (unpaired) electrons. The summed E-state index contributed by atoms with van der Waals surface area (Å²) in [6.45, 7) is 2.00. The summed E-state index contributed by atoms with van der Waals surface area (Å²) >= 11 is 0. The fourth-order valence-electron chi connectivity index (χ4n) is 2.54. The molecule has 1 unspecified atom stereocenters. The van der Waals surface area contributed by atoms with Gasteiger partial charge in [-0.05, 0) is 41.4 Å². The normalized spacial score (nSPS) is 12.8. The van der Waals surface area contributed by atoms with E-state index in [1.807, 2.05) is 31.2 Å². The van der Waals surface area contributed by atoms with Crippen molar-refractivity contribution >= 4 is 5.90 Å². The lowest BCUT2D eigenvalue weighted by molar-refractivity contribution is -0.689. The number of benzene rings is 2. The Balaban J connectivity index is 1.97. The Hall–Kier alpha value is -3.01. The van der Waals surface area contributed by atoms with Gasteiger partial charge in [0.05, 0.1) is 11.8 Å². The van der Waals surface area contributed by atoms with Crippen LogP contribution in [0.3, 0.4) is 0 Å². The van der Waals surface area contributed by atoms with Gasteiger partial charge in [-0.15, -0.1) is 0 Å². The van der Waals surface area contributed by atoms with Gasteiger partial charge in [0.1, 0.15) is 5.82 Å². The number of halogens is 1. The predicted molar refractivity (Wildman–Crippen MR) is 88.9 cm³/mol. The van der Waals surface area contributed by atoms with Crippen molar-refractivity contribution in [2.45, 2.75) is 12.8 Å². The lowest BCUT2D eigenvalue weighted by Gasteiger charge is -2.11. The van der Waals surface area contributed by atoms with Crippen LogP contribution in [0, 0.1) is 5.82 Å². The van der Waals surface area contributed by atoms with Crippen molar-refractivity contribution in [1.82, 2.24) is 0 Å². The summed E-state index contributed by atoms with van der Waals surface area (Å²) in [4.78, 5) is 0. The molecule has 24 heavy (non-hydrogen) atoms. The Kier molecular flexibility index (Phi) is 4.66. The second kappa shape index (κ2) is 7.04. The lowest BCUT2D eigenvalue weighted by atomic mass is 9.97. The summed E-state index contributed by atoms with van der Waals surface area (Å²) in [5, 5.41) is 16.5. The van der Waals surface area contributed by atoms with E-state index in [0.29, 0.717) is 5.56 Å². The second-order valence-electron chi connectivity index (χ2n) is 5.51. The van der Waals surface area contributed by atoms with Gasteiger partial charge in [-0.1, -0.05) is 47.1 Å². The smallest absolute Gasteiger partial charge is 0.221 e. The summed E-state index contributed by atoms with van der Waals surface area (Å²) in [6, 6.07) is 20.9. The molecule has 1 atom stereocenters. The number of rotatable bonds is 4. The van der Waals surface area contributed by atoms with Crippen LogP contribution in [-0.4, -0.2) is 5.90 Å². The van der Waals surface area contributed by atoms with Crippen LogP contribution >= 0.6 is 0 Å².